The van der Waals surface area contributed by atoms with Crippen LogP contribution >= 0.6 is 0 Å². The van der Waals surface area contributed by atoms with Crippen molar-refractivity contribution in [3.05, 3.63) is 22.3 Å². The Hall–Kier alpha value is -1.51. The van der Waals surface area contributed by atoms with E-state index in [9.17, 15) is 4.79 Å². The van der Waals surface area contributed by atoms with Crippen LogP contribution in [0.25, 0.3) is 0 Å². The highest BCUT2D eigenvalue weighted by Gasteiger charge is 2.23. The molecule has 0 heterocycles. The predicted octanol–water partition coefficient (Wildman–Crippen LogP) is 4.45. The molecule has 0 atom stereocenters. The molecular formula is C18H29NO2. The Morgan fingerprint density at radius 1 is 1.00 bits per heavy atom. The fourth-order valence-electron chi connectivity index (χ4n) is 3.14. The number of rotatable bonds is 7. The van der Waals surface area contributed by atoms with E-state index in [4.69, 9.17) is 4.74 Å². The topological polar surface area (TPSA) is 29.5 Å². The van der Waals surface area contributed by atoms with E-state index in [0.717, 1.165) is 48.4 Å². The van der Waals surface area contributed by atoms with Crippen molar-refractivity contribution in [2.45, 2.75) is 54.4 Å². The fourth-order valence-corrected chi connectivity index (χ4v) is 3.14. The molecule has 0 radical (unpaired) electrons. The van der Waals surface area contributed by atoms with Crippen LogP contribution in [0.5, 0.6) is 5.75 Å². The third kappa shape index (κ3) is 3.39. The van der Waals surface area contributed by atoms with E-state index < -0.39 is 0 Å². The van der Waals surface area contributed by atoms with Crippen LogP contribution in [0.4, 0.5) is 5.69 Å². The Morgan fingerprint density at radius 2 is 1.52 bits per heavy atom. The molecule has 0 N–H and O–H groups in total. The molecule has 0 aromatic heterocycles. The van der Waals surface area contributed by atoms with Gasteiger partial charge in [-0.2, -0.15) is 0 Å². The quantitative estimate of drug-likeness (QED) is 0.695. The highest BCUT2D eigenvalue weighted by molar-refractivity contribution is 6.00. The Kier molecular flexibility index (Phi) is 6.25. The molecule has 0 fully saturated rings. The third-order valence-corrected chi connectivity index (χ3v) is 4.08. The van der Waals surface area contributed by atoms with Crippen LogP contribution in [0.1, 0.15) is 60.7 Å². The molecule has 0 spiro atoms. The molecule has 0 bridgehead atoms. The Bertz CT molecular complexity index is 515. The molecular weight excluding hydrogens is 262 g/mol. The van der Waals surface area contributed by atoms with Gasteiger partial charge in [0.05, 0.1) is 12.7 Å². The standard InChI is InChI=1S/C18H29NO2/c1-8-10-19(11-9-2)17-13(4)12(3)16(15(6)20)18(21-7)14(17)5/h8-11H2,1-7H3. The van der Waals surface area contributed by atoms with Gasteiger partial charge in [-0.05, 0) is 51.7 Å². The van der Waals surface area contributed by atoms with E-state index in [1.54, 1.807) is 14.0 Å². The lowest BCUT2D eigenvalue weighted by molar-refractivity contribution is 0.101. The van der Waals surface area contributed by atoms with Crippen LogP contribution in [0.2, 0.25) is 0 Å². The molecule has 0 saturated carbocycles. The summed E-state index contributed by atoms with van der Waals surface area (Å²) in [5, 5.41) is 0. The zero-order valence-electron chi connectivity index (χ0n) is 14.6. The van der Waals surface area contributed by atoms with Crippen LogP contribution in [-0.4, -0.2) is 26.0 Å². The van der Waals surface area contributed by atoms with Crippen molar-refractivity contribution in [2.75, 3.05) is 25.1 Å². The van der Waals surface area contributed by atoms with Crippen molar-refractivity contribution < 1.29 is 9.53 Å². The van der Waals surface area contributed by atoms with Crippen LogP contribution < -0.4 is 9.64 Å². The van der Waals surface area contributed by atoms with E-state index in [1.807, 2.05) is 6.92 Å². The third-order valence-electron chi connectivity index (χ3n) is 4.08. The molecule has 0 aliphatic carbocycles. The summed E-state index contributed by atoms with van der Waals surface area (Å²) < 4.78 is 5.57. The van der Waals surface area contributed by atoms with Gasteiger partial charge in [0, 0.05) is 24.3 Å². The average molecular weight is 291 g/mol. The van der Waals surface area contributed by atoms with Gasteiger partial charge in [-0.1, -0.05) is 13.8 Å². The van der Waals surface area contributed by atoms with Gasteiger partial charge in [0.25, 0.3) is 0 Å². The van der Waals surface area contributed by atoms with Gasteiger partial charge in [0.1, 0.15) is 5.75 Å². The smallest absolute Gasteiger partial charge is 0.163 e. The van der Waals surface area contributed by atoms with Gasteiger partial charge in [-0.25, -0.2) is 0 Å². The molecule has 3 nitrogen and oxygen atoms in total. The lowest BCUT2D eigenvalue weighted by Crippen LogP contribution is -2.27. The van der Waals surface area contributed by atoms with Crippen LogP contribution in [0.15, 0.2) is 0 Å². The number of ketones is 1. The number of anilines is 1. The minimum Gasteiger partial charge on any atom is -0.496 e. The van der Waals surface area contributed by atoms with Crippen molar-refractivity contribution in [3.8, 4) is 5.75 Å². The van der Waals surface area contributed by atoms with E-state index in [1.165, 1.54) is 11.3 Å². The maximum Gasteiger partial charge on any atom is 0.163 e. The molecule has 0 unspecified atom stereocenters. The number of carbonyl (C=O) groups excluding carboxylic acids is 1. The summed E-state index contributed by atoms with van der Waals surface area (Å²) in [5.74, 6) is 0.803. The van der Waals surface area contributed by atoms with Crippen molar-refractivity contribution in [1.82, 2.24) is 0 Å². The van der Waals surface area contributed by atoms with Crippen LogP contribution in [-0.2, 0) is 0 Å². The Morgan fingerprint density at radius 3 is 1.90 bits per heavy atom. The predicted molar refractivity (Wildman–Crippen MR) is 90.0 cm³/mol. The molecule has 1 aromatic carbocycles. The van der Waals surface area contributed by atoms with E-state index in [-0.39, 0.29) is 5.78 Å². The number of methoxy groups -OCH3 is 1. The maximum atomic E-state index is 12.0. The van der Waals surface area contributed by atoms with Crippen molar-refractivity contribution in [2.24, 2.45) is 0 Å². The monoisotopic (exact) mass is 291 g/mol. The molecule has 0 aliphatic heterocycles. The summed E-state index contributed by atoms with van der Waals surface area (Å²) in [6.07, 6.45) is 2.21. The molecule has 1 aromatic rings. The van der Waals surface area contributed by atoms with Crippen LogP contribution in [0, 0.1) is 20.8 Å². The van der Waals surface area contributed by atoms with Gasteiger partial charge < -0.3 is 9.64 Å². The number of ether oxygens (including phenoxy) is 1. The maximum absolute atomic E-state index is 12.0. The first-order valence-corrected chi connectivity index (χ1v) is 7.84. The lowest BCUT2D eigenvalue weighted by Gasteiger charge is -2.30. The minimum absolute atomic E-state index is 0.0691. The first kappa shape index (κ1) is 17.5. The number of hydrogen-bond acceptors (Lipinski definition) is 3. The summed E-state index contributed by atoms with van der Waals surface area (Å²) in [6, 6.07) is 0. The Labute approximate surface area is 129 Å². The molecule has 118 valence electrons. The SMILES string of the molecule is CCCN(CCC)c1c(C)c(C)c(C(C)=O)c(OC)c1C. The minimum atomic E-state index is 0.0691. The normalized spacial score (nSPS) is 10.6. The summed E-state index contributed by atoms with van der Waals surface area (Å²) in [6.45, 7) is 14.2. The summed E-state index contributed by atoms with van der Waals surface area (Å²) >= 11 is 0. The van der Waals surface area contributed by atoms with Crippen molar-refractivity contribution in [3.63, 3.8) is 0 Å². The van der Waals surface area contributed by atoms with Gasteiger partial charge in [0.15, 0.2) is 5.78 Å². The first-order chi connectivity index (χ1) is 9.90. The zero-order chi connectivity index (χ0) is 16.2. The zero-order valence-corrected chi connectivity index (χ0v) is 14.6. The van der Waals surface area contributed by atoms with Gasteiger partial charge >= 0.3 is 0 Å². The fraction of sp³-hybridized carbons (Fsp3) is 0.611. The second-order valence-electron chi connectivity index (χ2n) is 5.68. The summed E-state index contributed by atoms with van der Waals surface area (Å²) in [7, 11) is 1.65. The number of hydrogen-bond donors (Lipinski definition) is 0. The summed E-state index contributed by atoms with van der Waals surface area (Å²) in [4.78, 5) is 14.4. The van der Waals surface area contributed by atoms with Crippen molar-refractivity contribution in [1.29, 1.82) is 0 Å². The first-order valence-electron chi connectivity index (χ1n) is 7.84. The molecule has 3 heteroatoms. The number of nitrogens with zero attached hydrogens (tertiary/aromatic N) is 1. The largest absolute Gasteiger partial charge is 0.496 e. The van der Waals surface area contributed by atoms with E-state index in [0.29, 0.717) is 0 Å². The Balaban J connectivity index is 3.60. The second kappa shape index (κ2) is 7.48. The average Bonchev–Trinajstić information content (AvgIpc) is 2.42. The van der Waals surface area contributed by atoms with E-state index >= 15 is 0 Å². The summed E-state index contributed by atoms with van der Waals surface area (Å²) in [5.41, 5.74) is 5.27. The highest BCUT2D eigenvalue weighted by atomic mass is 16.5. The van der Waals surface area contributed by atoms with Gasteiger partial charge in [-0.15, -0.1) is 0 Å². The molecule has 0 aliphatic rings. The number of carbonyl (C=O) groups is 1. The molecule has 21 heavy (non-hydrogen) atoms. The molecule has 0 saturated heterocycles. The number of Topliss-reactive ketones (excluding diaryl/α,β-unsaturated/α-hetero) is 1. The number of benzene rings is 1. The second-order valence-corrected chi connectivity index (χ2v) is 5.68. The van der Waals surface area contributed by atoms with Crippen LogP contribution in [0.3, 0.4) is 0 Å². The molecule has 0 amide bonds. The van der Waals surface area contributed by atoms with Gasteiger partial charge in [0.2, 0.25) is 0 Å². The highest BCUT2D eigenvalue weighted by Crippen LogP contribution is 2.38. The van der Waals surface area contributed by atoms with Crippen molar-refractivity contribution >= 4 is 11.5 Å². The molecule has 1 rings (SSSR count). The lowest BCUT2D eigenvalue weighted by atomic mass is 9.93. The van der Waals surface area contributed by atoms with E-state index in [2.05, 4.69) is 32.6 Å². The van der Waals surface area contributed by atoms with Gasteiger partial charge in [-0.3, -0.25) is 4.79 Å².